The lowest BCUT2D eigenvalue weighted by Gasteiger charge is -2.34. The minimum absolute atomic E-state index is 0.0904. The van der Waals surface area contributed by atoms with E-state index in [1.807, 2.05) is 7.05 Å². The van der Waals surface area contributed by atoms with Crippen LogP contribution < -0.4 is 5.32 Å². The van der Waals surface area contributed by atoms with Crippen molar-refractivity contribution in [3.63, 3.8) is 0 Å². The molecule has 0 aromatic heterocycles. The van der Waals surface area contributed by atoms with Gasteiger partial charge in [-0.25, -0.2) is 4.39 Å². The van der Waals surface area contributed by atoms with Crippen molar-refractivity contribution in [2.45, 2.75) is 37.8 Å². The fourth-order valence-corrected chi connectivity index (χ4v) is 2.93. The van der Waals surface area contributed by atoms with Gasteiger partial charge in [-0.2, -0.15) is 0 Å². The summed E-state index contributed by atoms with van der Waals surface area (Å²) in [5.74, 6) is -0.828. The molecule has 0 atom stereocenters. The van der Waals surface area contributed by atoms with Gasteiger partial charge in [-0.3, -0.25) is 4.79 Å². The van der Waals surface area contributed by atoms with E-state index in [4.69, 9.17) is 11.6 Å². The zero-order chi connectivity index (χ0) is 14.7. The first-order valence-corrected chi connectivity index (χ1v) is 7.30. The van der Waals surface area contributed by atoms with E-state index in [0.717, 1.165) is 25.7 Å². The Bertz CT molecular complexity index is 487. The van der Waals surface area contributed by atoms with Crippen molar-refractivity contribution in [1.82, 2.24) is 10.2 Å². The Morgan fingerprint density at radius 3 is 2.55 bits per heavy atom. The summed E-state index contributed by atoms with van der Waals surface area (Å²) in [4.78, 5) is 14.0. The molecule has 0 aliphatic heterocycles. The second kappa shape index (κ2) is 6.55. The van der Waals surface area contributed by atoms with Gasteiger partial charge in [0.15, 0.2) is 0 Å². The van der Waals surface area contributed by atoms with Crippen molar-refractivity contribution in [3.8, 4) is 0 Å². The van der Waals surface area contributed by atoms with Crippen molar-refractivity contribution >= 4 is 17.5 Å². The highest BCUT2D eigenvalue weighted by molar-refractivity contribution is 6.30. The molecule has 1 aliphatic rings. The predicted molar refractivity (Wildman–Crippen MR) is 78.6 cm³/mol. The number of nitrogens with one attached hydrogen (secondary N) is 1. The van der Waals surface area contributed by atoms with E-state index in [1.165, 1.54) is 12.1 Å². The third kappa shape index (κ3) is 3.30. The number of carbonyl (C=O) groups is 1. The molecule has 0 saturated heterocycles. The highest BCUT2D eigenvalue weighted by atomic mass is 35.5. The number of halogens is 2. The van der Waals surface area contributed by atoms with E-state index in [2.05, 4.69) is 5.32 Å². The molecule has 0 spiro atoms. The Hall–Kier alpha value is -1.13. The molecule has 3 nitrogen and oxygen atoms in total. The highest BCUT2D eigenvalue weighted by Crippen LogP contribution is 2.24. The topological polar surface area (TPSA) is 32.3 Å². The molecule has 1 saturated carbocycles. The summed E-state index contributed by atoms with van der Waals surface area (Å²) in [6.07, 6.45) is 3.98. The molecule has 1 N–H and O–H groups in total. The molecule has 5 heteroatoms. The Balaban J connectivity index is 2.05. The number of hydrogen-bond acceptors (Lipinski definition) is 2. The zero-order valence-electron chi connectivity index (χ0n) is 11.8. The number of rotatable bonds is 3. The van der Waals surface area contributed by atoms with Crippen LogP contribution in [0.2, 0.25) is 5.02 Å². The lowest BCUT2D eigenvalue weighted by molar-refractivity contribution is 0.0681. The van der Waals surface area contributed by atoms with E-state index < -0.39 is 5.82 Å². The first-order valence-electron chi connectivity index (χ1n) is 6.92. The van der Waals surface area contributed by atoms with Gasteiger partial charge >= 0.3 is 0 Å². The van der Waals surface area contributed by atoms with Crippen molar-refractivity contribution in [2.75, 3.05) is 14.1 Å². The molecule has 1 aromatic carbocycles. The van der Waals surface area contributed by atoms with E-state index in [-0.39, 0.29) is 17.5 Å². The minimum atomic E-state index is -0.557. The van der Waals surface area contributed by atoms with Crippen molar-refractivity contribution in [3.05, 3.63) is 34.6 Å². The number of nitrogens with zero attached hydrogens (tertiary/aromatic N) is 1. The van der Waals surface area contributed by atoms with Crippen LogP contribution in [-0.4, -0.2) is 37.0 Å². The second-order valence-electron chi connectivity index (χ2n) is 5.33. The SMILES string of the molecule is CNC1CCC(N(C)C(=O)c2ccc(Cl)cc2F)CC1. The fourth-order valence-electron chi connectivity index (χ4n) is 2.77. The minimum Gasteiger partial charge on any atom is -0.339 e. The molecule has 1 fully saturated rings. The van der Waals surface area contributed by atoms with Gasteiger partial charge in [-0.1, -0.05) is 11.6 Å². The van der Waals surface area contributed by atoms with E-state index >= 15 is 0 Å². The number of hydrogen-bond donors (Lipinski definition) is 1. The number of benzene rings is 1. The fraction of sp³-hybridized carbons (Fsp3) is 0.533. The Labute approximate surface area is 124 Å². The van der Waals surface area contributed by atoms with Crippen LogP contribution in [0.1, 0.15) is 36.0 Å². The lowest BCUT2D eigenvalue weighted by atomic mass is 9.90. The van der Waals surface area contributed by atoms with Gasteiger partial charge in [0.2, 0.25) is 0 Å². The van der Waals surface area contributed by atoms with Crippen LogP contribution in [0.4, 0.5) is 4.39 Å². The second-order valence-corrected chi connectivity index (χ2v) is 5.77. The lowest BCUT2D eigenvalue weighted by Crippen LogP contribution is -2.42. The molecule has 20 heavy (non-hydrogen) atoms. The van der Waals surface area contributed by atoms with Crippen molar-refractivity contribution in [1.29, 1.82) is 0 Å². The summed E-state index contributed by atoms with van der Waals surface area (Å²) in [6, 6.07) is 4.89. The number of amides is 1. The van der Waals surface area contributed by atoms with Crippen molar-refractivity contribution in [2.24, 2.45) is 0 Å². The third-order valence-corrected chi connectivity index (χ3v) is 4.37. The first-order chi connectivity index (χ1) is 9.52. The zero-order valence-corrected chi connectivity index (χ0v) is 12.6. The van der Waals surface area contributed by atoms with Gasteiger partial charge in [0.1, 0.15) is 5.82 Å². The van der Waals surface area contributed by atoms with E-state index in [0.29, 0.717) is 11.1 Å². The molecule has 0 unspecified atom stereocenters. The van der Waals surface area contributed by atoms with Crippen LogP contribution in [-0.2, 0) is 0 Å². The highest BCUT2D eigenvalue weighted by Gasteiger charge is 2.27. The summed E-state index contributed by atoms with van der Waals surface area (Å²) >= 11 is 5.71. The van der Waals surface area contributed by atoms with Gasteiger partial charge in [-0.05, 0) is 50.9 Å². The Morgan fingerprint density at radius 1 is 1.35 bits per heavy atom. The molecule has 1 amide bonds. The average Bonchev–Trinajstić information content (AvgIpc) is 2.46. The maximum Gasteiger partial charge on any atom is 0.256 e. The summed E-state index contributed by atoms with van der Waals surface area (Å²) in [5.41, 5.74) is 0.0904. The predicted octanol–water partition coefficient (Wildman–Crippen LogP) is 3.08. The molecule has 2 rings (SSSR count). The Morgan fingerprint density at radius 2 is 2.00 bits per heavy atom. The average molecular weight is 299 g/mol. The van der Waals surface area contributed by atoms with Crippen LogP contribution in [0.15, 0.2) is 18.2 Å². The molecule has 1 aliphatic carbocycles. The first kappa shape index (κ1) is 15.3. The molecule has 1 aromatic rings. The van der Waals surface area contributed by atoms with Crippen LogP contribution >= 0.6 is 11.6 Å². The largest absolute Gasteiger partial charge is 0.339 e. The third-order valence-electron chi connectivity index (χ3n) is 4.13. The smallest absolute Gasteiger partial charge is 0.256 e. The summed E-state index contributed by atoms with van der Waals surface area (Å²) in [7, 11) is 3.71. The van der Waals surface area contributed by atoms with Gasteiger partial charge in [0.25, 0.3) is 5.91 Å². The van der Waals surface area contributed by atoms with Gasteiger partial charge < -0.3 is 10.2 Å². The number of carbonyl (C=O) groups excluding carboxylic acids is 1. The monoisotopic (exact) mass is 298 g/mol. The normalized spacial score (nSPS) is 22.6. The summed E-state index contributed by atoms with van der Waals surface area (Å²) < 4.78 is 13.8. The molecule has 0 heterocycles. The van der Waals surface area contributed by atoms with E-state index in [9.17, 15) is 9.18 Å². The van der Waals surface area contributed by atoms with Gasteiger partial charge in [-0.15, -0.1) is 0 Å². The van der Waals surface area contributed by atoms with Crippen LogP contribution in [0, 0.1) is 5.82 Å². The molecule has 0 radical (unpaired) electrons. The Kier molecular flexibility index (Phi) is 5.00. The van der Waals surface area contributed by atoms with Crippen LogP contribution in [0.25, 0.3) is 0 Å². The quantitative estimate of drug-likeness (QED) is 0.930. The standard InChI is InChI=1S/C15H20ClFN2O/c1-18-11-4-6-12(7-5-11)19(2)15(20)13-8-3-10(16)9-14(13)17/h3,8-9,11-12,18H,4-7H2,1-2H3. The molecule has 110 valence electrons. The van der Waals surface area contributed by atoms with Gasteiger partial charge in [0.05, 0.1) is 5.56 Å². The van der Waals surface area contributed by atoms with E-state index in [1.54, 1.807) is 18.0 Å². The molecular formula is C15H20ClFN2O. The van der Waals surface area contributed by atoms with Gasteiger partial charge in [0, 0.05) is 24.2 Å². The molecule has 0 bridgehead atoms. The maximum atomic E-state index is 13.8. The maximum absolute atomic E-state index is 13.8. The van der Waals surface area contributed by atoms with Crippen molar-refractivity contribution < 1.29 is 9.18 Å². The van der Waals surface area contributed by atoms with Crippen LogP contribution in [0.5, 0.6) is 0 Å². The van der Waals surface area contributed by atoms with Crippen LogP contribution in [0.3, 0.4) is 0 Å². The summed E-state index contributed by atoms with van der Waals surface area (Å²) in [6.45, 7) is 0. The summed E-state index contributed by atoms with van der Waals surface area (Å²) in [5, 5.41) is 3.56. The molecular weight excluding hydrogens is 279 g/mol.